The van der Waals surface area contributed by atoms with E-state index in [0.29, 0.717) is 25.8 Å². The highest BCUT2D eigenvalue weighted by Gasteiger charge is 2.38. The summed E-state index contributed by atoms with van der Waals surface area (Å²) in [5, 5.41) is 4.33. The number of amides is 2. The van der Waals surface area contributed by atoms with Gasteiger partial charge in [0.1, 0.15) is 0 Å². The average molecular weight is 362 g/mol. The van der Waals surface area contributed by atoms with E-state index in [2.05, 4.69) is 5.32 Å². The fourth-order valence-corrected chi connectivity index (χ4v) is 2.08. The van der Waals surface area contributed by atoms with E-state index in [1.54, 1.807) is 5.32 Å². The van der Waals surface area contributed by atoms with Crippen LogP contribution in [0.4, 0.5) is 13.2 Å². The Bertz CT molecular complexity index is 393. The summed E-state index contributed by atoms with van der Waals surface area (Å²) in [5.74, 6) is -2.09. The molecule has 0 saturated heterocycles. The van der Waals surface area contributed by atoms with Crippen molar-refractivity contribution in [2.45, 2.75) is 38.8 Å². The van der Waals surface area contributed by atoms with Gasteiger partial charge in [0.05, 0.1) is 13.2 Å². The van der Waals surface area contributed by atoms with Crippen LogP contribution < -0.4 is 10.6 Å². The molecule has 0 spiro atoms. The maximum Gasteiger partial charge on any atom is 0.471 e. The van der Waals surface area contributed by atoms with Crippen LogP contribution in [-0.4, -0.2) is 44.3 Å². The summed E-state index contributed by atoms with van der Waals surface area (Å²) < 4.78 is 56.7. The van der Waals surface area contributed by atoms with Crippen LogP contribution in [-0.2, 0) is 23.2 Å². The molecule has 11 heteroatoms. The van der Waals surface area contributed by atoms with Crippen LogP contribution >= 0.6 is 8.25 Å². The predicted octanol–water partition coefficient (Wildman–Crippen LogP) is 1.78. The molecule has 0 aliphatic carbocycles. The zero-order chi connectivity index (χ0) is 17.7. The Hall–Kier alpha value is -1.12. The van der Waals surface area contributed by atoms with Crippen LogP contribution in [0.3, 0.4) is 0 Å². The average Bonchev–Trinajstić information content (AvgIpc) is 2.44. The van der Waals surface area contributed by atoms with Crippen molar-refractivity contribution in [1.82, 2.24) is 10.6 Å². The highest BCUT2D eigenvalue weighted by atomic mass is 31.1. The van der Waals surface area contributed by atoms with Crippen LogP contribution in [0.1, 0.15) is 32.6 Å². The molecule has 1 atom stereocenters. The Kier molecular flexibility index (Phi) is 11.7. The lowest BCUT2D eigenvalue weighted by Gasteiger charge is -2.08. The number of rotatable bonds is 12. The first kappa shape index (κ1) is 21.9. The Morgan fingerprint density at radius 1 is 0.957 bits per heavy atom. The standard InChI is InChI=1S/C12H22F3N2O5P/c1-10(18)16-6-2-4-8-21-23(20)22-9-5-3-7-17-11(19)12(13,14)15/h23H,2-9H2,1H3,(H,16,18)(H,17,19). The molecule has 1 unspecified atom stereocenters. The summed E-state index contributed by atoms with van der Waals surface area (Å²) in [6, 6.07) is 0. The summed E-state index contributed by atoms with van der Waals surface area (Å²) in [6.45, 7) is 2.11. The summed E-state index contributed by atoms with van der Waals surface area (Å²) in [5.41, 5.74) is 0. The van der Waals surface area contributed by atoms with Crippen molar-refractivity contribution in [3.63, 3.8) is 0 Å². The lowest BCUT2D eigenvalue weighted by molar-refractivity contribution is -0.173. The van der Waals surface area contributed by atoms with E-state index in [9.17, 15) is 27.3 Å². The number of alkyl halides is 3. The first-order valence-corrected chi connectivity index (χ1v) is 8.35. The van der Waals surface area contributed by atoms with Crippen molar-refractivity contribution in [3.05, 3.63) is 0 Å². The molecule has 0 aromatic heterocycles. The number of unbranched alkanes of at least 4 members (excludes halogenated alkanes) is 2. The molecule has 0 heterocycles. The smallest absolute Gasteiger partial charge is 0.356 e. The molecule has 136 valence electrons. The largest absolute Gasteiger partial charge is 0.471 e. The van der Waals surface area contributed by atoms with Gasteiger partial charge in [0.15, 0.2) is 0 Å². The number of carbonyl (C=O) groups is 2. The van der Waals surface area contributed by atoms with Gasteiger partial charge in [-0.15, -0.1) is 0 Å². The Labute approximate surface area is 133 Å². The van der Waals surface area contributed by atoms with Crippen molar-refractivity contribution in [1.29, 1.82) is 0 Å². The van der Waals surface area contributed by atoms with Gasteiger partial charge < -0.3 is 19.7 Å². The minimum absolute atomic E-state index is 0.0750. The molecule has 0 aromatic carbocycles. The molecule has 7 nitrogen and oxygen atoms in total. The zero-order valence-electron chi connectivity index (χ0n) is 12.8. The fraction of sp³-hybridized carbons (Fsp3) is 0.833. The normalized spacial score (nSPS) is 12.7. The van der Waals surface area contributed by atoms with Crippen LogP contribution in [0.15, 0.2) is 0 Å². The molecule has 0 radical (unpaired) electrons. The number of hydrogen-bond donors (Lipinski definition) is 2. The number of halogens is 3. The highest BCUT2D eigenvalue weighted by molar-refractivity contribution is 7.33. The fourth-order valence-electron chi connectivity index (χ4n) is 1.37. The van der Waals surface area contributed by atoms with Gasteiger partial charge in [-0.3, -0.25) is 14.2 Å². The molecule has 0 saturated carbocycles. The van der Waals surface area contributed by atoms with Crippen molar-refractivity contribution < 1.29 is 36.4 Å². The van der Waals surface area contributed by atoms with Crippen LogP contribution in [0.25, 0.3) is 0 Å². The molecule has 0 aromatic rings. The molecule has 0 bridgehead atoms. The van der Waals surface area contributed by atoms with E-state index >= 15 is 0 Å². The van der Waals surface area contributed by atoms with E-state index < -0.39 is 20.3 Å². The van der Waals surface area contributed by atoms with Crippen LogP contribution in [0.2, 0.25) is 0 Å². The second kappa shape index (κ2) is 12.3. The Morgan fingerprint density at radius 3 is 1.87 bits per heavy atom. The minimum Gasteiger partial charge on any atom is -0.356 e. The second-order valence-electron chi connectivity index (χ2n) is 4.60. The third-order valence-electron chi connectivity index (χ3n) is 2.50. The highest BCUT2D eigenvalue weighted by Crippen LogP contribution is 2.24. The quantitative estimate of drug-likeness (QED) is 0.408. The van der Waals surface area contributed by atoms with Crippen LogP contribution in [0.5, 0.6) is 0 Å². The summed E-state index contributed by atoms with van der Waals surface area (Å²) in [4.78, 5) is 21.1. The van der Waals surface area contributed by atoms with Crippen molar-refractivity contribution in [3.8, 4) is 0 Å². The predicted molar refractivity (Wildman–Crippen MR) is 77.1 cm³/mol. The van der Waals surface area contributed by atoms with Crippen molar-refractivity contribution in [2.75, 3.05) is 26.3 Å². The molecule has 0 aliphatic heterocycles. The van der Waals surface area contributed by atoms with E-state index in [1.807, 2.05) is 0 Å². The third kappa shape index (κ3) is 14.2. The summed E-state index contributed by atoms with van der Waals surface area (Å²) >= 11 is 0. The lowest BCUT2D eigenvalue weighted by atomic mass is 10.3. The van der Waals surface area contributed by atoms with Gasteiger partial charge >= 0.3 is 20.3 Å². The molecule has 23 heavy (non-hydrogen) atoms. The Balaban J connectivity index is 3.40. The Morgan fingerprint density at radius 2 is 1.43 bits per heavy atom. The zero-order valence-corrected chi connectivity index (χ0v) is 13.8. The molecule has 2 N–H and O–H groups in total. The topological polar surface area (TPSA) is 93.7 Å². The number of carbonyl (C=O) groups excluding carboxylic acids is 2. The molecule has 0 fully saturated rings. The number of nitrogens with one attached hydrogen (secondary N) is 2. The van der Waals surface area contributed by atoms with Gasteiger partial charge in [0, 0.05) is 20.0 Å². The first-order chi connectivity index (χ1) is 10.7. The molecule has 2 amide bonds. The van der Waals surface area contributed by atoms with Gasteiger partial charge in [-0.25, -0.2) is 0 Å². The van der Waals surface area contributed by atoms with Gasteiger partial charge in [0.25, 0.3) is 0 Å². The summed E-state index contributed by atoms with van der Waals surface area (Å²) in [6.07, 6.45) is -2.96. The maximum absolute atomic E-state index is 11.9. The molecule has 0 rings (SSSR count). The summed E-state index contributed by atoms with van der Waals surface area (Å²) in [7, 11) is -2.62. The SMILES string of the molecule is CC(=O)NCCCCO[PH](=O)OCCCCNC(=O)C(F)(F)F. The molecular weight excluding hydrogens is 340 g/mol. The van der Waals surface area contributed by atoms with E-state index in [-0.39, 0.29) is 32.1 Å². The van der Waals surface area contributed by atoms with Gasteiger partial charge in [0.2, 0.25) is 5.91 Å². The maximum atomic E-state index is 11.9. The van der Waals surface area contributed by atoms with E-state index in [0.717, 1.165) is 0 Å². The van der Waals surface area contributed by atoms with Crippen LogP contribution in [0, 0.1) is 0 Å². The molecular formula is C12H22F3N2O5P. The minimum atomic E-state index is -4.88. The first-order valence-electron chi connectivity index (χ1n) is 7.12. The van der Waals surface area contributed by atoms with E-state index in [1.165, 1.54) is 6.92 Å². The molecule has 0 aliphatic rings. The van der Waals surface area contributed by atoms with Crippen molar-refractivity contribution in [2.24, 2.45) is 0 Å². The third-order valence-corrected chi connectivity index (χ3v) is 3.38. The van der Waals surface area contributed by atoms with Gasteiger partial charge in [-0.2, -0.15) is 13.2 Å². The second-order valence-corrected chi connectivity index (χ2v) is 5.68. The van der Waals surface area contributed by atoms with Crippen molar-refractivity contribution >= 4 is 20.1 Å². The lowest BCUT2D eigenvalue weighted by Crippen LogP contribution is -2.37. The number of hydrogen-bond acceptors (Lipinski definition) is 5. The van der Waals surface area contributed by atoms with Gasteiger partial charge in [-0.1, -0.05) is 0 Å². The van der Waals surface area contributed by atoms with E-state index in [4.69, 9.17) is 9.05 Å². The van der Waals surface area contributed by atoms with Gasteiger partial charge in [-0.05, 0) is 25.7 Å². The monoisotopic (exact) mass is 362 g/mol.